The highest BCUT2D eigenvalue weighted by molar-refractivity contribution is 5.81. The Morgan fingerprint density at radius 1 is 1.36 bits per heavy atom. The Morgan fingerprint density at radius 2 is 2.09 bits per heavy atom. The molecule has 0 radical (unpaired) electrons. The van der Waals surface area contributed by atoms with Crippen molar-refractivity contribution in [1.82, 2.24) is 15.1 Å². The van der Waals surface area contributed by atoms with Crippen LogP contribution in [0, 0.1) is 0 Å². The summed E-state index contributed by atoms with van der Waals surface area (Å²) in [6, 6.07) is 9.75. The summed E-state index contributed by atoms with van der Waals surface area (Å²) in [5, 5.41) is 2.96. The smallest absolute Gasteiger partial charge is 0.317 e. The van der Waals surface area contributed by atoms with Gasteiger partial charge < -0.3 is 15.1 Å². The Kier molecular flexibility index (Phi) is 5.81. The van der Waals surface area contributed by atoms with Gasteiger partial charge >= 0.3 is 6.03 Å². The predicted octanol–water partition coefficient (Wildman–Crippen LogP) is 2.23. The van der Waals surface area contributed by atoms with Crippen LogP contribution >= 0.6 is 0 Å². The van der Waals surface area contributed by atoms with Crippen molar-refractivity contribution in [2.45, 2.75) is 38.8 Å². The fraction of sp³-hybridized carbons (Fsp3) is 0.529. The second-order valence-electron chi connectivity index (χ2n) is 5.89. The summed E-state index contributed by atoms with van der Waals surface area (Å²) in [6.07, 6.45) is 2.44. The van der Waals surface area contributed by atoms with E-state index >= 15 is 0 Å². The van der Waals surface area contributed by atoms with E-state index in [1.165, 1.54) is 0 Å². The molecule has 3 amide bonds. The normalized spacial score (nSPS) is 17.6. The molecular weight excluding hydrogens is 278 g/mol. The van der Waals surface area contributed by atoms with Gasteiger partial charge in [0.1, 0.15) is 0 Å². The van der Waals surface area contributed by atoms with Crippen molar-refractivity contribution in [3.8, 4) is 0 Å². The third-order valence-corrected chi connectivity index (χ3v) is 3.95. The van der Waals surface area contributed by atoms with Crippen LogP contribution in [0.1, 0.15) is 31.7 Å². The summed E-state index contributed by atoms with van der Waals surface area (Å²) in [5.74, 6) is 0.102. The molecule has 5 heteroatoms. The Bertz CT molecular complexity index is 504. The summed E-state index contributed by atoms with van der Waals surface area (Å²) >= 11 is 0. The molecule has 1 heterocycles. The maximum atomic E-state index is 12.1. The summed E-state index contributed by atoms with van der Waals surface area (Å²) in [5.41, 5.74) is 1.11. The van der Waals surface area contributed by atoms with Crippen LogP contribution in [-0.4, -0.2) is 47.9 Å². The Hall–Kier alpha value is -2.04. The number of rotatable bonds is 6. The van der Waals surface area contributed by atoms with Gasteiger partial charge in [0.25, 0.3) is 0 Å². The van der Waals surface area contributed by atoms with Crippen molar-refractivity contribution in [1.29, 1.82) is 0 Å². The summed E-state index contributed by atoms with van der Waals surface area (Å²) in [6.45, 7) is 4.04. The highest BCUT2D eigenvalue weighted by Crippen LogP contribution is 2.15. The fourth-order valence-corrected chi connectivity index (χ4v) is 2.61. The summed E-state index contributed by atoms with van der Waals surface area (Å²) < 4.78 is 0. The Labute approximate surface area is 132 Å². The molecule has 1 aliphatic rings. The zero-order valence-corrected chi connectivity index (χ0v) is 13.4. The van der Waals surface area contributed by atoms with E-state index in [2.05, 4.69) is 12.2 Å². The van der Waals surface area contributed by atoms with Crippen molar-refractivity contribution in [3.63, 3.8) is 0 Å². The highest BCUT2D eigenvalue weighted by atomic mass is 16.2. The van der Waals surface area contributed by atoms with E-state index in [9.17, 15) is 9.59 Å². The van der Waals surface area contributed by atoms with Crippen molar-refractivity contribution in [2.75, 3.05) is 20.1 Å². The van der Waals surface area contributed by atoms with E-state index in [1.807, 2.05) is 35.2 Å². The number of nitrogens with one attached hydrogen (secondary N) is 1. The summed E-state index contributed by atoms with van der Waals surface area (Å²) in [7, 11) is 1.80. The molecule has 1 N–H and O–H groups in total. The third kappa shape index (κ3) is 4.48. The molecule has 22 heavy (non-hydrogen) atoms. The van der Waals surface area contributed by atoms with Gasteiger partial charge in [0, 0.05) is 33.1 Å². The lowest BCUT2D eigenvalue weighted by atomic mass is 10.2. The standard InChI is InChI=1S/C17H25N3O2/c1-3-4-10-19(2)17(22)18-15-11-16(21)20(13-15)12-14-8-6-5-7-9-14/h5-9,15H,3-4,10-13H2,1-2H3,(H,18,22). The van der Waals surface area contributed by atoms with Gasteiger partial charge in [-0.05, 0) is 12.0 Å². The molecule has 1 atom stereocenters. The lowest BCUT2D eigenvalue weighted by molar-refractivity contribution is -0.128. The lowest BCUT2D eigenvalue weighted by Crippen LogP contribution is -2.44. The molecule has 0 saturated carbocycles. The van der Waals surface area contributed by atoms with Gasteiger partial charge in [0.2, 0.25) is 5.91 Å². The first-order valence-electron chi connectivity index (χ1n) is 7.93. The van der Waals surface area contributed by atoms with Gasteiger partial charge in [0.05, 0.1) is 6.04 Å². The Morgan fingerprint density at radius 3 is 2.77 bits per heavy atom. The van der Waals surface area contributed by atoms with Crippen LogP contribution in [-0.2, 0) is 11.3 Å². The van der Waals surface area contributed by atoms with Crippen molar-refractivity contribution < 1.29 is 9.59 Å². The minimum Gasteiger partial charge on any atom is -0.336 e. The third-order valence-electron chi connectivity index (χ3n) is 3.95. The number of nitrogens with zero attached hydrogens (tertiary/aromatic N) is 2. The zero-order chi connectivity index (χ0) is 15.9. The van der Waals surface area contributed by atoms with Crippen molar-refractivity contribution >= 4 is 11.9 Å². The molecule has 1 saturated heterocycles. The van der Waals surface area contributed by atoms with Crippen LogP contribution in [0.25, 0.3) is 0 Å². The summed E-state index contributed by atoms with van der Waals surface area (Å²) in [4.78, 5) is 27.6. The molecule has 1 aromatic carbocycles. The number of hydrogen-bond acceptors (Lipinski definition) is 2. The van der Waals surface area contributed by atoms with Crippen LogP contribution in [0.15, 0.2) is 30.3 Å². The molecule has 0 spiro atoms. The second kappa shape index (κ2) is 7.82. The van der Waals surface area contributed by atoms with Crippen LogP contribution < -0.4 is 5.32 Å². The first kappa shape index (κ1) is 16.3. The molecule has 5 nitrogen and oxygen atoms in total. The van der Waals surface area contributed by atoms with Gasteiger partial charge in [0.15, 0.2) is 0 Å². The number of amides is 3. The molecule has 0 aliphatic carbocycles. The van der Waals surface area contributed by atoms with Crippen molar-refractivity contribution in [2.24, 2.45) is 0 Å². The van der Waals surface area contributed by atoms with Crippen molar-refractivity contribution in [3.05, 3.63) is 35.9 Å². The molecule has 2 rings (SSSR count). The number of carbonyl (C=O) groups is 2. The number of carbonyl (C=O) groups excluding carboxylic acids is 2. The van der Waals surface area contributed by atoms with Gasteiger partial charge in [-0.2, -0.15) is 0 Å². The average Bonchev–Trinajstić information content (AvgIpc) is 2.85. The molecule has 1 aliphatic heterocycles. The first-order valence-corrected chi connectivity index (χ1v) is 7.93. The van der Waals surface area contributed by atoms with E-state index in [0.29, 0.717) is 19.5 Å². The second-order valence-corrected chi connectivity index (χ2v) is 5.89. The average molecular weight is 303 g/mol. The molecular formula is C17H25N3O2. The molecule has 1 aromatic rings. The van der Waals surface area contributed by atoms with Crippen LogP contribution in [0.5, 0.6) is 0 Å². The maximum absolute atomic E-state index is 12.1. The number of hydrogen-bond donors (Lipinski definition) is 1. The van der Waals surface area contributed by atoms with E-state index in [-0.39, 0.29) is 18.0 Å². The SMILES string of the molecule is CCCCN(C)C(=O)NC1CC(=O)N(Cc2ccccc2)C1. The van der Waals surface area contributed by atoms with E-state index in [4.69, 9.17) is 0 Å². The lowest BCUT2D eigenvalue weighted by Gasteiger charge is -2.21. The van der Waals surface area contributed by atoms with Crippen LogP contribution in [0.3, 0.4) is 0 Å². The van der Waals surface area contributed by atoms with Crippen LogP contribution in [0.4, 0.5) is 4.79 Å². The van der Waals surface area contributed by atoms with Gasteiger partial charge in [-0.25, -0.2) is 4.79 Å². The van der Waals surface area contributed by atoms with Gasteiger partial charge in [-0.15, -0.1) is 0 Å². The maximum Gasteiger partial charge on any atom is 0.317 e. The molecule has 1 unspecified atom stereocenters. The van der Waals surface area contributed by atoms with Gasteiger partial charge in [-0.1, -0.05) is 43.7 Å². The minimum atomic E-state index is -0.0900. The van der Waals surface area contributed by atoms with Gasteiger partial charge in [-0.3, -0.25) is 4.79 Å². The number of likely N-dealkylation sites (tertiary alicyclic amines) is 1. The number of unbranched alkanes of at least 4 members (excludes halogenated alkanes) is 1. The minimum absolute atomic E-state index is 0.0900. The van der Waals surface area contributed by atoms with E-state index in [1.54, 1.807) is 11.9 Å². The largest absolute Gasteiger partial charge is 0.336 e. The number of benzene rings is 1. The predicted molar refractivity (Wildman–Crippen MR) is 86.3 cm³/mol. The van der Waals surface area contributed by atoms with E-state index < -0.39 is 0 Å². The Balaban J connectivity index is 1.83. The zero-order valence-electron chi connectivity index (χ0n) is 13.4. The first-order chi connectivity index (χ1) is 10.6. The fourth-order valence-electron chi connectivity index (χ4n) is 2.61. The topological polar surface area (TPSA) is 52.7 Å². The van der Waals surface area contributed by atoms with Crippen LogP contribution in [0.2, 0.25) is 0 Å². The number of urea groups is 1. The molecule has 1 fully saturated rings. The van der Waals surface area contributed by atoms with E-state index in [0.717, 1.165) is 24.9 Å². The highest BCUT2D eigenvalue weighted by Gasteiger charge is 2.30. The monoisotopic (exact) mass is 303 g/mol. The molecule has 120 valence electrons. The molecule has 0 bridgehead atoms. The molecule has 0 aromatic heterocycles. The quantitative estimate of drug-likeness (QED) is 0.876.